The van der Waals surface area contributed by atoms with Gasteiger partial charge in [0.25, 0.3) is 5.91 Å². The number of rotatable bonds is 9. The van der Waals surface area contributed by atoms with Crippen molar-refractivity contribution < 1.29 is 14.3 Å². The van der Waals surface area contributed by atoms with Crippen molar-refractivity contribution in [1.82, 2.24) is 5.32 Å². The highest BCUT2D eigenvalue weighted by molar-refractivity contribution is 5.75. The lowest BCUT2D eigenvalue weighted by molar-refractivity contribution is -0.119. The molecule has 0 bridgehead atoms. The fraction of sp³-hybridized carbons (Fsp3) is 0.500. The minimum Gasteiger partial charge on any atom is -0.493 e. The van der Waals surface area contributed by atoms with E-state index in [4.69, 9.17) is 15.2 Å². The van der Waals surface area contributed by atoms with E-state index in [-0.39, 0.29) is 6.61 Å². The van der Waals surface area contributed by atoms with Gasteiger partial charge in [0.05, 0.1) is 7.11 Å². The van der Waals surface area contributed by atoms with Gasteiger partial charge in [0.1, 0.15) is 0 Å². The number of ether oxygens (including phenoxy) is 2. The van der Waals surface area contributed by atoms with Crippen molar-refractivity contribution in [1.29, 1.82) is 0 Å². The molecular formula is C18H26N2O3. The van der Waals surface area contributed by atoms with Crippen LogP contribution >= 0.6 is 0 Å². The molecule has 0 saturated heterocycles. The van der Waals surface area contributed by atoms with E-state index < -0.39 is 5.91 Å². The van der Waals surface area contributed by atoms with Gasteiger partial charge in [-0.3, -0.25) is 4.79 Å². The molecule has 0 radical (unpaired) electrons. The van der Waals surface area contributed by atoms with Crippen molar-refractivity contribution in [2.45, 2.75) is 38.6 Å². The number of nitrogens with two attached hydrogens (primary N) is 1. The van der Waals surface area contributed by atoms with Crippen molar-refractivity contribution in [2.75, 3.05) is 20.3 Å². The molecule has 1 aliphatic carbocycles. The van der Waals surface area contributed by atoms with Gasteiger partial charge in [0.15, 0.2) is 18.1 Å². The van der Waals surface area contributed by atoms with E-state index in [0.29, 0.717) is 11.5 Å². The Bertz CT molecular complexity index is 555. The normalized spacial score (nSPS) is 14.2. The van der Waals surface area contributed by atoms with Gasteiger partial charge < -0.3 is 20.5 Å². The van der Waals surface area contributed by atoms with Gasteiger partial charge in [-0.1, -0.05) is 17.7 Å². The number of allylic oxidation sites excluding steroid dienone is 1. The molecule has 0 atom stereocenters. The Balaban J connectivity index is 1.80. The zero-order chi connectivity index (χ0) is 16.5. The summed E-state index contributed by atoms with van der Waals surface area (Å²) < 4.78 is 10.6. The topological polar surface area (TPSA) is 73.6 Å². The molecule has 0 heterocycles. The summed E-state index contributed by atoms with van der Waals surface area (Å²) in [6.07, 6.45) is 8.66. The number of benzene rings is 1. The average molecular weight is 318 g/mol. The van der Waals surface area contributed by atoms with Crippen molar-refractivity contribution >= 4 is 5.91 Å². The second-order valence-electron chi connectivity index (χ2n) is 5.78. The first-order valence-corrected chi connectivity index (χ1v) is 8.15. The van der Waals surface area contributed by atoms with Gasteiger partial charge in [-0.15, -0.1) is 0 Å². The molecule has 0 spiro atoms. The van der Waals surface area contributed by atoms with Crippen LogP contribution in [0.25, 0.3) is 0 Å². The van der Waals surface area contributed by atoms with E-state index in [1.165, 1.54) is 25.7 Å². The molecule has 5 nitrogen and oxygen atoms in total. The molecule has 0 fully saturated rings. The van der Waals surface area contributed by atoms with Crippen LogP contribution in [0.2, 0.25) is 0 Å². The number of nitrogens with one attached hydrogen (secondary N) is 1. The van der Waals surface area contributed by atoms with E-state index >= 15 is 0 Å². The van der Waals surface area contributed by atoms with E-state index in [2.05, 4.69) is 11.4 Å². The molecular weight excluding hydrogens is 292 g/mol. The number of hydrogen-bond acceptors (Lipinski definition) is 4. The molecule has 1 aromatic rings. The molecule has 5 heteroatoms. The minimum absolute atomic E-state index is 0.150. The fourth-order valence-electron chi connectivity index (χ4n) is 2.70. The summed E-state index contributed by atoms with van der Waals surface area (Å²) in [4.78, 5) is 10.8. The number of primary amides is 1. The molecule has 3 N–H and O–H groups in total. The first-order chi connectivity index (χ1) is 11.2. The second-order valence-corrected chi connectivity index (χ2v) is 5.78. The Labute approximate surface area is 137 Å². The molecule has 126 valence electrons. The van der Waals surface area contributed by atoms with Crippen LogP contribution in [-0.4, -0.2) is 26.2 Å². The van der Waals surface area contributed by atoms with Crippen LogP contribution in [0, 0.1) is 0 Å². The smallest absolute Gasteiger partial charge is 0.255 e. The molecule has 23 heavy (non-hydrogen) atoms. The Morgan fingerprint density at radius 1 is 1.30 bits per heavy atom. The van der Waals surface area contributed by atoms with Gasteiger partial charge in [0, 0.05) is 6.54 Å². The summed E-state index contributed by atoms with van der Waals surface area (Å²) in [6, 6.07) is 5.69. The lowest BCUT2D eigenvalue weighted by Gasteiger charge is -2.14. The Hall–Kier alpha value is -2.01. The summed E-state index contributed by atoms with van der Waals surface area (Å²) in [5.41, 5.74) is 7.78. The highest BCUT2D eigenvalue weighted by Crippen LogP contribution is 2.28. The van der Waals surface area contributed by atoms with Crippen LogP contribution in [0.15, 0.2) is 29.8 Å². The quantitative estimate of drug-likeness (QED) is 0.542. The average Bonchev–Trinajstić information content (AvgIpc) is 2.58. The highest BCUT2D eigenvalue weighted by Gasteiger charge is 2.07. The fourth-order valence-corrected chi connectivity index (χ4v) is 2.70. The first-order valence-electron chi connectivity index (χ1n) is 8.15. The number of carbonyl (C=O) groups excluding carboxylic acids is 1. The van der Waals surface area contributed by atoms with E-state index in [0.717, 1.165) is 25.1 Å². The predicted molar refractivity (Wildman–Crippen MR) is 90.6 cm³/mol. The number of carbonyl (C=O) groups is 1. The van der Waals surface area contributed by atoms with Gasteiger partial charge in [-0.2, -0.15) is 0 Å². The van der Waals surface area contributed by atoms with Crippen LogP contribution in [0.1, 0.15) is 37.7 Å². The Morgan fingerprint density at radius 3 is 2.87 bits per heavy atom. The number of hydrogen-bond donors (Lipinski definition) is 2. The maximum absolute atomic E-state index is 10.8. The first kappa shape index (κ1) is 17.3. The number of amides is 1. The van der Waals surface area contributed by atoms with E-state index in [9.17, 15) is 4.79 Å². The molecule has 1 amide bonds. The summed E-state index contributed by atoms with van der Waals surface area (Å²) in [5.74, 6) is 0.637. The van der Waals surface area contributed by atoms with Crippen molar-refractivity contribution in [3.63, 3.8) is 0 Å². The predicted octanol–water partition coefficient (Wildman–Crippen LogP) is 2.54. The molecule has 1 aliphatic rings. The molecule has 0 aromatic heterocycles. The van der Waals surface area contributed by atoms with E-state index in [1.54, 1.807) is 12.7 Å². The second kappa shape index (κ2) is 9.20. The lowest BCUT2D eigenvalue weighted by Crippen LogP contribution is -2.20. The van der Waals surface area contributed by atoms with Crippen LogP contribution in [0.5, 0.6) is 11.5 Å². The van der Waals surface area contributed by atoms with Crippen molar-refractivity contribution in [2.24, 2.45) is 5.73 Å². The van der Waals surface area contributed by atoms with E-state index in [1.807, 2.05) is 18.2 Å². The molecule has 0 saturated carbocycles. The van der Waals surface area contributed by atoms with Gasteiger partial charge in [-0.25, -0.2) is 0 Å². The zero-order valence-electron chi connectivity index (χ0n) is 13.8. The molecule has 2 rings (SSSR count). The number of methoxy groups -OCH3 is 1. The summed E-state index contributed by atoms with van der Waals surface area (Å²) in [7, 11) is 1.58. The van der Waals surface area contributed by atoms with Gasteiger partial charge in [-0.05, 0) is 56.3 Å². The van der Waals surface area contributed by atoms with Crippen LogP contribution in [-0.2, 0) is 11.3 Å². The van der Waals surface area contributed by atoms with Gasteiger partial charge >= 0.3 is 0 Å². The standard InChI is InChI=1S/C18H26N2O3/c1-22-17-11-15(7-8-16(17)23-13-18(19)21)12-20-10-9-14-5-3-2-4-6-14/h5,7-8,11,20H,2-4,6,9-10,12-13H2,1H3,(H2,19,21). The molecule has 0 aliphatic heterocycles. The third-order valence-corrected chi connectivity index (χ3v) is 3.94. The van der Waals surface area contributed by atoms with Gasteiger partial charge in [0.2, 0.25) is 0 Å². The van der Waals surface area contributed by atoms with Crippen LogP contribution in [0.4, 0.5) is 0 Å². The van der Waals surface area contributed by atoms with Crippen molar-refractivity contribution in [3.05, 3.63) is 35.4 Å². The largest absolute Gasteiger partial charge is 0.493 e. The summed E-state index contributed by atoms with van der Waals surface area (Å²) >= 11 is 0. The zero-order valence-corrected chi connectivity index (χ0v) is 13.8. The van der Waals surface area contributed by atoms with Crippen LogP contribution in [0.3, 0.4) is 0 Å². The summed E-state index contributed by atoms with van der Waals surface area (Å²) in [5, 5.41) is 3.46. The maximum atomic E-state index is 10.8. The third-order valence-electron chi connectivity index (χ3n) is 3.94. The van der Waals surface area contributed by atoms with Crippen molar-refractivity contribution in [3.8, 4) is 11.5 Å². The lowest BCUT2D eigenvalue weighted by atomic mass is 9.97. The Kier molecular flexibility index (Phi) is 6.94. The third kappa shape index (κ3) is 5.94. The molecule has 0 unspecified atom stereocenters. The molecule has 1 aromatic carbocycles. The maximum Gasteiger partial charge on any atom is 0.255 e. The summed E-state index contributed by atoms with van der Waals surface area (Å²) in [6.45, 7) is 1.61. The Morgan fingerprint density at radius 2 is 2.17 bits per heavy atom. The minimum atomic E-state index is -0.505. The highest BCUT2D eigenvalue weighted by atomic mass is 16.5. The monoisotopic (exact) mass is 318 g/mol. The SMILES string of the molecule is COc1cc(CNCCC2=CCCCC2)ccc1OCC(N)=O. The van der Waals surface area contributed by atoms with Crippen LogP contribution < -0.4 is 20.5 Å².